The number of nitro groups is 1. The van der Waals surface area contributed by atoms with Gasteiger partial charge < -0.3 is 10.0 Å². The first-order valence-corrected chi connectivity index (χ1v) is 7.07. The lowest BCUT2D eigenvalue weighted by Gasteiger charge is -2.25. The average molecular weight is 289 g/mol. The lowest BCUT2D eigenvalue weighted by Crippen LogP contribution is -2.28. The van der Waals surface area contributed by atoms with E-state index in [2.05, 4.69) is 16.8 Å². The van der Waals surface area contributed by atoms with Crippen molar-refractivity contribution in [1.82, 2.24) is 4.98 Å². The Balaban J connectivity index is 2.52. The highest BCUT2D eigenvalue weighted by molar-refractivity contribution is 5.97. The summed E-state index contributed by atoms with van der Waals surface area (Å²) >= 11 is 0. The van der Waals surface area contributed by atoms with Gasteiger partial charge in [-0.05, 0) is 24.6 Å². The molecule has 1 aromatic carbocycles. The molecule has 1 N–H and O–H groups in total. The highest BCUT2D eigenvalue weighted by atomic mass is 16.6. The minimum atomic E-state index is -0.415. The molecule has 21 heavy (non-hydrogen) atoms. The fraction of sp³-hybridized carbons (Fsp3) is 0.400. The van der Waals surface area contributed by atoms with Gasteiger partial charge in [-0.3, -0.25) is 10.1 Å². The molecule has 0 unspecified atom stereocenters. The third kappa shape index (κ3) is 3.28. The summed E-state index contributed by atoms with van der Waals surface area (Å²) in [5.41, 5.74) is 1.28. The number of non-ortho nitro benzene ring substituents is 1. The minimum Gasteiger partial charge on any atom is -0.395 e. The maximum Gasteiger partial charge on any atom is 0.295 e. The summed E-state index contributed by atoms with van der Waals surface area (Å²) in [6.07, 6.45) is 3.60. The molecule has 0 bridgehead atoms. The second-order valence-electron chi connectivity index (χ2n) is 4.82. The van der Waals surface area contributed by atoms with Crippen LogP contribution >= 0.6 is 0 Å². The summed E-state index contributed by atoms with van der Waals surface area (Å²) in [6.45, 7) is 3.45. The van der Waals surface area contributed by atoms with Gasteiger partial charge in [0.15, 0.2) is 0 Å². The molecule has 6 nitrogen and oxygen atoms in total. The maximum atomic E-state index is 11.1. The Morgan fingerprint density at radius 3 is 2.81 bits per heavy atom. The number of nitrogens with zero attached hydrogens (tertiary/aromatic N) is 3. The molecule has 0 radical (unpaired) electrons. The molecule has 2 aromatic rings. The van der Waals surface area contributed by atoms with Crippen molar-refractivity contribution in [1.29, 1.82) is 0 Å². The van der Waals surface area contributed by atoms with Gasteiger partial charge in [-0.15, -0.1) is 0 Å². The topological polar surface area (TPSA) is 79.5 Å². The molecular formula is C15H19N3O3. The molecule has 0 saturated heterocycles. The van der Waals surface area contributed by atoms with Crippen molar-refractivity contribution < 1.29 is 10.0 Å². The highest BCUT2D eigenvalue weighted by Gasteiger charge is 2.18. The Labute approximate surface area is 123 Å². The van der Waals surface area contributed by atoms with E-state index in [1.807, 2.05) is 6.07 Å². The molecule has 112 valence electrons. The monoisotopic (exact) mass is 289 g/mol. The van der Waals surface area contributed by atoms with Gasteiger partial charge in [-0.25, -0.2) is 4.98 Å². The zero-order valence-electron chi connectivity index (χ0n) is 12.0. The number of hydrogen-bond acceptors (Lipinski definition) is 5. The zero-order chi connectivity index (χ0) is 15.2. The number of aliphatic hydroxyl groups excluding tert-OH is 1. The number of fused-ring (bicyclic) bond motifs is 1. The van der Waals surface area contributed by atoms with Crippen molar-refractivity contribution in [3.63, 3.8) is 0 Å². The molecule has 0 aliphatic rings. The Hall–Kier alpha value is -2.21. The fourth-order valence-corrected chi connectivity index (χ4v) is 2.39. The minimum absolute atomic E-state index is 0.00814. The maximum absolute atomic E-state index is 11.1. The number of hydrogen-bond donors (Lipinski definition) is 1. The van der Waals surface area contributed by atoms with Gasteiger partial charge in [-0.2, -0.15) is 0 Å². The van der Waals surface area contributed by atoms with E-state index < -0.39 is 4.92 Å². The summed E-state index contributed by atoms with van der Waals surface area (Å²) in [6, 6.07) is 6.84. The predicted molar refractivity (Wildman–Crippen MR) is 82.6 cm³/mol. The lowest BCUT2D eigenvalue weighted by molar-refractivity contribution is -0.383. The highest BCUT2D eigenvalue weighted by Crippen LogP contribution is 2.32. The number of aromatic nitrogens is 1. The lowest BCUT2D eigenvalue weighted by atomic mass is 10.1. The number of pyridine rings is 1. The van der Waals surface area contributed by atoms with Gasteiger partial charge in [0.2, 0.25) is 0 Å². The van der Waals surface area contributed by atoms with E-state index in [9.17, 15) is 15.2 Å². The third-order valence-electron chi connectivity index (χ3n) is 3.41. The Bertz CT molecular complexity index is 631. The van der Waals surface area contributed by atoms with E-state index >= 15 is 0 Å². The summed E-state index contributed by atoms with van der Waals surface area (Å²) in [5, 5.41) is 21.1. The van der Waals surface area contributed by atoms with Crippen LogP contribution in [0, 0.1) is 10.1 Å². The van der Waals surface area contributed by atoms with Gasteiger partial charge in [-0.1, -0.05) is 13.3 Å². The number of anilines is 1. The Morgan fingerprint density at radius 2 is 2.14 bits per heavy atom. The molecule has 0 atom stereocenters. The Morgan fingerprint density at radius 1 is 1.33 bits per heavy atom. The summed E-state index contributed by atoms with van der Waals surface area (Å²) in [4.78, 5) is 16.9. The van der Waals surface area contributed by atoms with Crippen LogP contribution in [-0.4, -0.2) is 34.7 Å². The van der Waals surface area contributed by atoms with Gasteiger partial charge >= 0.3 is 0 Å². The van der Waals surface area contributed by atoms with Crippen LogP contribution in [0.2, 0.25) is 0 Å². The normalized spacial score (nSPS) is 10.8. The summed E-state index contributed by atoms with van der Waals surface area (Å²) in [5.74, 6) is 0. The predicted octanol–water partition coefficient (Wildman–Crippen LogP) is 2.74. The molecule has 0 aliphatic carbocycles. The molecular weight excluding hydrogens is 270 g/mol. The number of benzene rings is 1. The number of nitro benzene ring substituents is 1. The largest absolute Gasteiger partial charge is 0.395 e. The van der Waals surface area contributed by atoms with Gasteiger partial charge in [0, 0.05) is 36.4 Å². The van der Waals surface area contributed by atoms with E-state index in [0.29, 0.717) is 12.1 Å². The average Bonchev–Trinajstić information content (AvgIpc) is 2.50. The van der Waals surface area contributed by atoms with Crippen LogP contribution in [0.3, 0.4) is 0 Å². The van der Waals surface area contributed by atoms with Crippen LogP contribution in [0.15, 0.2) is 30.5 Å². The summed E-state index contributed by atoms with van der Waals surface area (Å²) in [7, 11) is 0. The molecule has 0 fully saturated rings. The first-order chi connectivity index (χ1) is 10.2. The van der Waals surface area contributed by atoms with Crippen LogP contribution in [0.4, 0.5) is 11.4 Å². The van der Waals surface area contributed by atoms with E-state index in [1.54, 1.807) is 18.3 Å². The fourth-order valence-electron chi connectivity index (χ4n) is 2.39. The van der Waals surface area contributed by atoms with E-state index in [0.717, 1.165) is 30.5 Å². The smallest absolute Gasteiger partial charge is 0.295 e. The molecule has 0 spiro atoms. The van der Waals surface area contributed by atoms with E-state index in [4.69, 9.17) is 0 Å². The van der Waals surface area contributed by atoms with Gasteiger partial charge in [0.25, 0.3) is 5.69 Å². The molecule has 1 aromatic heterocycles. The van der Waals surface area contributed by atoms with Crippen LogP contribution in [0.25, 0.3) is 10.9 Å². The van der Waals surface area contributed by atoms with Crippen LogP contribution in [-0.2, 0) is 0 Å². The molecule has 2 rings (SSSR count). The number of unbranched alkanes of at least 4 members (excludes halogenated alkanes) is 1. The zero-order valence-corrected chi connectivity index (χ0v) is 12.0. The van der Waals surface area contributed by atoms with Crippen molar-refractivity contribution in [2.24, 2.45) is 0 Å². The Kier molecular flexibility index (Phi) is 5.05. The van der Waals surface area contributed by atoms with Gasteiger partial charge in [0.1, 0.15) is 5.52 Å². The van der Waals surface area contributed by atoms with E-state index in [-0.39, 0.29) is 12.3 Å². The third-order valence-corrected chi connectivity index (χ3v) is 3.41. The molecule has 1 heterocycles. The molecule has 0 saturated carbocycles. The van der Waals surface area contributed by atoms with Crippen LogP contribution in [0.5, 0.6) is 0 Å². The van der Waals surface area contributed by atoms with Gasteiger partial charge in [0.05, 0.1) is 11.5 Å². The van der Waals surface area contributed by atoms with Crippen molar-refractivity contribution in [2.75, 3.05) is 24.6 Å². The van der Waals surface area contributed by atoms with Crippen molar-refractivity contribution in [3.05, 3.63) is 40.6 Å². The standard InChI is InChI=1S/C15H19N3O3/c1-2-3-9-17(10-11-19)13-6-7-14(18(20)21)15-12(13)5-4-8-16-15/h4-8,19H,2-3,9-11H2,1H3. The number of aliphatic hydroxyl groups is 1. The van der Waals surface area contributed by atoms with Crippen molar-refractivity contribution >= 4 is 22.3 Å². The SMILES string of the molecule is CCCCN(CCO)c1ccc([N+](=O)[O-])c2ncccc12. The second-order valence-corrected chi connectivity index (χ2v) is 4.82. The van der Waals surface area contributed by atoms with Crippen molar-refractivity contribution in [2.45, 2.75) is 19.8 Å². The van der Waals surface area contributed by atoms with Crippen molar-refractivity contribution in [3.8, 4) is 0 Å². The molecule has 0 aliphatic heterocycles. The first-order valence-electron chi connectivity index (χ1n) is 7.07. The number of rotatable bonds is 7. The molecule has 0 amide bonds. The molecule has 6 heteroatoms. The van der Waals surface area contributed by atoms with Crippen LogP contribution in [0.1, 0.15) is 19.8 Å². The van der Waals surface area contributed by atoms with E-state index in [1.165, 1.54) is 6.07 Å². The first kappa shape index (κ1) is 15.2. The summed E-state index contributed by atoms with van der Waals surface area (Å²) < 4.78 is 0. The quantitative estimate of drug-likeness (QED) is 0.626. The second kappa shape index (κ2) is 6.99. The van der Waals surface area contributed by atoms with Crippen LogP contribution < -0.4 is 4.90 Å².